The highest BCUT2D eigenvalue weighted by Crippen LogP contribution is 2.32. The average molecular weight is 213 g/mol. The molecule has 0 bridgehead atoms. The molecule has 0 spiro atoms. The van der Waals surface area contributed by atoms with E-state index in [9.17, 15) is 4.79 Å². The van der Waals surface area contributed by atoms with E-state index in [1.807, 2.05) is 14.0 Å². The summed E-state index contributed by atoms with van der Waals surface area (Å²) in [4.78, 5) is 11.6. The zero-order valence-corrected chi connectivity index (χ0v) is 9.14. The Morgan fingerprint density at radius 2 is 2.29 bits per heavy atom. The van der Waals surface area contributed by atoms with Crippen LogP contribution in [0.15, 0.2) is 0 Å². The van der Waals surface area contributed by atoms with Crippen molar-refractivity contribution in [3.63, 3.8) is 0 Å². The van der Waals surface area contributed by atoms with Gasteiger partial charge in [-0.3, -0.25) is 9.48 Å². The van der Waals surface area contributed by atoms with Crippen LogP contribution in [0.5, 0.6) is 0 Å². The zero-order valence-electron chi connectivity index (χ0n) is 8.38. The van der Waals surface area contributed by atoms with Crippen LogP contribution in [-0.4, -0.2) is 15.6 Å². The van der Waals surface area contributed by atoms with Crippen molar-refractivity contribution in [2.24, 2.45) is 13.0 Å². The van der Waals surface area contributed by atoms with Crippen LogP contribution in [0, 0.1) is 12.8 Å². The smallest absolute Gasteiger partial charge is 0.141 e. The van der Waals surface area contributed by atoms with Crippen LogP contribution in [0.25, 0.3) is 0 Å². The predicted molar refractivity (Wildman–Crippen MR) is 54.4 cm³/mol. The number of ketones is 1. The molecule has 1 heterocycles. The topological polar surface area (TPSA) is 34.9 Å². The van der Waals surface area contributed by atoms with E-state index in [0.29, 0.717) is 23.1 Å². The first kappa shape index (κ1) is 9.71. The molecule has 1 aliphatic carbocycles. The fourth-order valence-corrected chi connectivity index (χ4v) is 1.81. The number of carbonyl (C=O) groups excluding carboxylic acids is 1. The van der Waals surface area contributed by atoms with Crippen LogP contribution >= 0.6 is 11.6 Å². The van der Waals surface area contributed by atoms with Gasteiger partial charge < -0.3 is 0 Å². The molecule has 1 aliphatic rings. The molecule has 1 aromatic rings. The summed E-state index contributed by atoms with van der Waals surface area (Å²) in [5.41, 5.74) is 1.65. The Morgan fingerprint density at radius 1 is 1.64 bits per heavy atom. The molecule has 1 saturated carbocycles. The van der Waals surface area contributed by atoms with Gasteiger partial charge in [0.05, 0.1) is 22.8 Å². The van der Waals surface area contributed by atoms with Crippen molar-refractivity contribution in [3.8, 4) is 0 Å². The summed E-state index contributed by atoms with van der Waals surface area (Å²) < 4.78 is 1.71. The molecule has 0 aromatic carbocycles. The van der Waals surface area contributed by atoms with Crippen LogP contribution in [0.4, 0.5) is 0 Å². The minimum Gasteiger partial charge on any atom is -0.299 e. The third-order valence-corrected chi connectivity index (χ3v) is 3.13. The minimum atomic E-state index is 0.293. The second-order valence-corrected chi connectivity index (χ2v) is 4.27. The molecule has 1 fully saturated rings. The average Bonchev–Trinajstić information content (AvgIpc) is 2.91. The lowest BCUT2D eigenvalue weighted by atomic mass is 10.1. The maximum absolute atomic E-state index is 11.6. The normalized spacial score (nSPS) is 15.9. The van der Waals surface area contributed by atoms with Gasteiger partial charge in [0.25, 0.3) is 0 Å². The number of carbonyl (C=O) groups is 1. The number of halogens is 1. The van der Waals surface area contributed by atoms with Gasteiger partial charge in [0, 0.05) is 13.0 Å². The number of aryl methyl sites for hydroxylation is 2. The van der Waals surface area contributed by atoms with E-state index < -0.39 is 0 Å². The first-order valence-electron chi connectivity index (χ1n) is 4.80. The predicted octanol–water partition coefficient (Wildman–Crippen LogP) is 1.90. The molecule has 1 aromatic heterocycles. The molecule has 3 nitrogen and oxygen atoms in total. The van der Waals surface area contributed by atoms with Gasteiger partial charge in [-0.1, -0.05) is 11.6 Å². The SMILES string of the molecule is Cc1nn(C)c(CC(=O)C2CC2)c1Cl. The highest BCUT2D eigenvalue weighted by Gasteiger charge is 2.30. The monoisotopic (exact) mass is 212 g/mol. The molecule has 2 rings (SSSR count). The fraction of sp³-hybridized carbons (Fsp3) is 0.600. The van der Waals surface area contributed by atoms with Crippen molar-refractivity contribution < 1.29 is 4.79 Å². The van der Waals surface area contributed by atoms with E-state index in [2.05, 4.69) is 5.10 Å². The van der Waals surface area contributed by atoms with Crippen molar-refractivity contribution in [2.45, 2.75) is 26.2 Å². The lowest BCUT2D eigenvalue weighted by Gasteiger charge is -2.00. The third kappa shape index (κ3) is 1.69. The first-order valence-corrected chi connectivity index (χ1v) is 5.18. The molecule has 4 heteroatoms. The maximum atomic E-state index is 11.6. The van der Waals surface area contributed by atoms with Crippen molar-refractivity contribution in [1.82, 2.24) is 9.78 Å². The molecule has 0 unspecified atom stereocenters. The second-order valence-electron chi connectivity index (χ2n) is 3.89. The van der Waals surface area contributed by atoms with Gasteiger partial charge in [-0.05, 0) is 19.8 Å². The summed E-state index contributed by atoms with van der Waals surface area (Å²) in [6, 6.07) is 0. The van der Waals surface area contributed by atoms with Crippen LogP contribution < -0.4 is 0 Å². The van der Waals surface area contributed by atoms with Gasteiger partial charge in [-0.25, -0.2) is 0 Å². The van der Waals surface area contributed by atoms with Gasteiger partial charge in [0.15, 0.2) is 0 Å². The quantitative estimate of drug-likeness (QED) is 0.767. The van der Waals surface area contributed by atoms with E-state index in [-0.39, 0.29) is 0 Å². The second kappa shape index (κ2) is 3.39. The number of hydrogen-bond acceptors (Lipinski definition) is 2. The van der Waals surface area contributed by atoms with Crippen LogP contribution in [0.2, 0.25) is 5.02 Å². The van der Waals surface area contributed by atoms with Crippen molar-refractivity contribution in [3.05, 3.63) is 16.4 Å². The molecule has 0 amide bonds. The first-order chi connectivity index (χ1) is 6.59. The number of aromatic nitrogens is 2. The van der Waals surface area contributed by atoms with Crippen molar-refractivity contribution in [2.75, 3.05) is 0 Å². The summed E-state index contributed by atoms with van der Waals surface area (Å²) in [5, 5.41) is 4.82. The minimum absolute atomic E-state index is 0.293. The van der Waals surface area contributed by atoms with Gasteiger partial charge >= 0.3 is 0 Å². The molecule has 0 saturated heterocycles. The van der Waals surface area contributed by atoms with E-state index in [4.69, 9.17) is 11.6 Å². The number of nitrogens with zero attached hydrogens (tertiary/aromatic N) is 2. The Morgan fingerprint density at radius 3 is 2.71 bits per heavy atom. The summed E-state index contributed by atoms with van der Waals surface area (Å²) >= 11 is 6.05. The van der Waals surface area contributed by atoms with Crippen LogP contribution in [0.1, 0.15) is 24.2 Å². The Labute approximate surface area is 88.1 Å². The summed E-state index contributed by atoms with van der Waals surface area (Å²) in [7, 11) is 1.83. The van der Waals surface area contributed by atoms with Gasteiger partial charge in [0.2, 0.25) is 0 Å². The highest BCUT2D eigenvalue weighted by molar-refractivity contribution is 6.32. The fourth-order valence-electron chi connectivity index (χ4n) is 1.59. The summed E-state index contributed by atoms with van der Waals surface area (Å²) in [5.74, 6) is 0.594. The number of hydrogen-bond donors (Lipinski definition) is 0. The van der Waals surface area contributed by atoms with Crippen LogP contribution in [0.3, 0.4) is 0 Å². The maximum Gasteiger partial charge on any atom is 0.141 e. The zero-order chi connectivity index (χ0) is 10.3. The molecule has 0 radical (unpaired) electrons. The van der Waals surface area contributed by atoms with E-state index >= 15 is 0 Å². The Kier molecular flexibility index (Phi) is 2.35. The third-order valence-electron chi connectivity index (χ3n) is 2.64. The molecule has 0 atom stereocenters. The van der Waals surface area contributed by atoms with E-state index in [0.717, 1.165) is 24.2 Å². The molecular weight excluding hydrogens is 200 g/mol. The summed E-state index contributed by atoms with van der Waals surface area (Å²) in [6.07, 6.45) is 2.53. The Hall–Kier alpha value is -0.830. The van der Waals surface area contributed by atoms with Gasteiger partial charge in [0.1, 0.15) is 5.78 Å². The summed E-state index contributed by atoms with van der Waals surface area (Å²) in [6.45, 7) is 1.85. The lowest BCUT2D eigenvalue weighted by Crippen LogP contribution is -2.09. The molecule has 0 aliphatic heterocycles. The highest BCUT2D eigenvalue weighted by atomic mass is 35.5. The molecule has 76 valence electrons. The molecule has 14 heavy (non-hydrogen) atoms. The largest absolute Gasteiger partial charge is 0.299 e. The van der Waals surface area contributed by atoms with Crippen molar-refractivity contribution >= 4 is 17.4 Å². The standard InChI is InChI=1S/C10H13ClN2O/c1-6-10(11)8(13(2)12-6)5-9(14)7-3-4-7/h7H,3-5H2,1-2H3. The van der Waals surface area contributed by atoms with Crippen molar-refractivity contribution in [1.29, 1.82) is 0 Å². The lowest BCUT2D eigenvalue weighted by molar-refractivity contribution is -0.119. The molecular formula is C10H13ClN2O. The van der Waals surface area contributed by atoms with Gasteiger partial charge in [-0.15, -0.1) is 0 Å². The number of rotatable bonds is 3. The van der Waals surface area contributed by atoms with E-state index in [1.165, 1.54) is 0 Å². The Bertz CT molecular complexity index is 380. The Balaban J connectivity index is 2.18. The number of Topliss-reactive ketones (excluding diaryl/α,β-unsaturated/α-hetero) is 1. The van der Waals surface area contributed by atoms with E-state index in [1.54, 1.807) is 4.68 Å². The van der Waals surface area contributed by atoms with Gasteiger partial charge in [-0.2, -0.15) is 5.10 Å². The molecule has 0 N–H and O–H groups in total. The van der Waals surface area contributed by atoms with Crippen LogP contribution in [-0.2, 0) is 18.3 Å².